The molecule has 0 unspecified atom stereocenters. The van der Waals surface area contributed by atoms with E-state index in [1.54, 1.807) is 0 Å². The van der Waals surface area contributed by atoms with Gasteiger partial charge in [-0.15, -0.1) is 0 Å². The van der Waals surface area contributed by atoms with Crippen molar-refractivity contribution in [2.45, 2.75) is 25.3 Å². The van der Waals surface area contributed by atoms with E-state index in [2.05, 4.69) is 10.6 Å². The van der Waals surface area contributed by atoms with Gasteiger partial charge in [0.2, 0.25) is 10.0 Å². The Balaban J connectivity index is 2.26. The second kappa shape index (κ2) is 7.80. The van der Waals surface area contributed by atoms with Crippen molar-refractivity contribution in [3.63, 3.8) is 0 Å². The summed E-state index contributed by atoms with van der Waals surface area (Å²) in [6.07, 6.45) is 4.04. The molecule has 1 rings (SSSR count). The Hall–Kier alpha value is -0.860. The summed E-state index contributed by atoms with van der Waals surface area (Å²) in [5, 5.41) is 5.49. The molecule has 0 saturated heterocycles. The van der Waals surface area contributed by atoms with Crippen molar-refractivity contribution in [3.8, 4) is 0 Å². The standard InChI is InChI=1S/C12H26N4O3S/c1-15(2)8-4-9-16(20(3,18)19)10-7-13-12(17)14-11-5-6-11/h11H,4-10H2,1-3H3,(H2,13,14,17). The fraction of sp³-hybridized carbons (Fsp3) is 0.917. The number of nitrogens with zero attached hydrogens (tertiary/aromatic N) is 2. The second-order valence-corrected chi connectivity index (χ2v) is 7.48. The van der Waals surface area contributed by atoms with Gasteiger partial charge in [-0.2, -0.15) is 0 Å². The first kappa shape index (κ1) is 17.2. The normalized spacial score (nSPS) is 15.7. The van der Waals surface area contributed by atoms with Gasteiger partial charge in [0, 0.05) is 25.7 Å². The minimum Gasteiger partial charge on any atom is -0.337 e. The van der Waals surface area contributed by atoms with Gasteiger partial charge in [-0.05, 0) is 39.9 Å². The van der Waals surface area contributed by atoms with Gasteiger partial charge >= 0.3 is 6.03 Å². The average molecular weight is 306 g/mol. The number of amides is 2. The molecular weight excluding hydrogens is 280 g/mol. The van der Waals surface area contributed by atoms with Gasteiger partial charge in [-0.25, -0.2) is 17.5 Å². The highest BCUT2D eigenvalue weighted by Crippen LogP contribution is 2.18. The van der Waals surface area contributed by atoms with Crippen molar-refractivity contribution >= 4 is 16.1 Å². The van der Waals surface area contributed by atoms with Crippen LogP contribution in [0.5, 0.6) is 0 Å². The molecule has 0 radical (unpaired) electrons. The summed E-state index contributed by atoms with van der Waals surface area (Å²) >= 11 is 0. The molecule has 0 heterocycles. The van der Waals surface area contributed by atoms with Crippen LogP contribution in [0.3, 0.4) is 0 Å². The smallest absolute Gasteiger partial charge is 0.315 e. The highest BCUT2D eigenvalue weighted by molar-refractivity contribution is 7.88. The van der Waals surface area contributed by atoms with E-state index in [4.69, 9.17) is 0 Å². The highest BCUT2D eigenvalue weighted by atomic mass is 32.2. The molecule has 1 fully saturated rings. The fourth-order valence-corrected chi connectivity index (χ4v) is 2.65. The summed E-state index contributed by atoms with van der Waals surface area (Å²) in [5.41, 5.74) is 0. The van der Waals surface area contributed by atoms with Crippen LogP contribution in [0.2, 0.25) is 0 Å². The molecule has 1 aliphatic rings. The molecule has 0 atom stereocenters. The zero-order valence-electron chi connectivity index (χ0n) is 12.6. The molecule has 7 nitrogen and oxygen atoms in total. The first-order valence-corrected chi connectivity index (χ1v) is 8.78. The number of carbonyl (C=O) groups excluding carboxylic acids is 1. The lowest BCUT2D eigenvalue weighted by atomic mass is 10.4. The van der Waals surface area contributed by atoms with Crippen molar-refractivity contribution in [2.75, 3.05) is 46.5 Å². The van der Waals surface area contributed by atoms with Crippen molar-refractivity contribution in [3.05, 3.63) is 0 Å². The van der Waals surface area contributed by atoms with Crippen molar-refractivity contribution < 1.29 is 13.2 Å². The molecule has 0 aromatic heterocycles. The van der Waals surface area contributed by atoms with Crippen LogP contribution in [-0.4, -0.2) is 76.2 Å². The molecule has 2 N–H and O–H groups in total. The molecule has 8 heteroatoms. The van der Waals surface area contributed by atoms with E-state index in [9.17, 15) is 13.2 Å². The van der Waals surface area contributed by atoms with Gasteiger partial charge in [0.25, 0.3) is 0 Å². The summed E-state index contributed by atoms with van der Waals surface area (Å²) in [6, 6.07) is 0.0929. The van der Waals surface area contributed by atoms with Crippen LogP contribution in [0, 0.1) is 0 Å². The maximum atomic E-state index is 11.7. The van der Waals surface area contributed by atoms with Crippen molar-refractivity contribution in [2.24, 2.45) is 0 Å². The fourth-order valence-electron chi connectivity index (χ4n) is 1.76. The number of hydrogen-bond donors (Lipinski definition) is 2. The van der Waals surface area contributed by atoms with Crippen LogP contribution < -0.4 is 10.6 Å². The number of urea groups is 1. The number of nitrogens with one attached hydrogen (secondary N) is 2. The first-order chi connectivity index (χ1) is 9.29. The summed E-state index contributed by atoms with van der Waals surface area (Å²) in [7, 11) is 0.677. The van der Waals surface area contributed by atoms with Crippen molar-refractivity contribution in [1.29, 1.82) is 0 Å². The van der Waals surface area contributed by atoms with Gasteiger partial charge < -0.3 is 15.5 Å². The maximum absolute atomic E-state index is 11.7. The molecule has 0 bridgehead atoms. The topological polar surface area (TPSA) is 81.8 Å². The van der Waals surface area contributed by atoms with E-state index in [-0.39, 0.29) is 6.03 Å². The Labute approximate surface area is 121 Å². The third-order valence-corrected chi connectivity index (χ3v) is 4.34. The summed E-state index contributed by atoms with van der Waals surface area (Å²) in [4.78, 5) is 13.4. The van der Waals surface area contributed by atoms with Crippen LogP contribution in [-0.2, 0) is 10.0 Å². The molecule has 1 saturated carbocycles. The van der Waals surface area contributed by atoms with Gasteiger partial charge in [-0.3, -0.25) is 0 Å². The molecule has 0 aliphatic heterocycles. The molecule has 0 spiro atoms. The second-order valence-electron chi connectivity index (χ2n) is 5.49. The largest absolute Gasteiger partial charge is 0.337 e. The van der Waals surface area contributed by atoms with E-state index in [0.717, 1.165) is 25.8 Å². The minimum absolute atomic E-state index is 0.214. The van der Waals surface area contributed by atoms with E-state index in [1.807, 2.05) is 19.0 Å². The Morgan fingerprint density at radius 2 is 1.85 bits per heavy atom. The van der Waals surface area contributed by atoms with E-state index in [0.29, 0.717) is 25.7 Å². The first-order valence-electron chi connectivity index (χ1n) is 6.93. The highest BCUT2D eigenvalue weighted by Gasteiger charge is 2.23. The number of hydrogen-bond acceptors (Lipinski definition) is 4. The lowest BCUT2D eigenvalue weighted by Gasteiger charge is -2.21. The zero-order chi connectivity index (χ0) is 15.2. The predicted molar refractivity (Wildman–Crippen MR) is 79.1 cm³/mol. The molecule has 20 heavy (non-hydrogen) atoms. The van der Waals surface area contributed by atoms with E-state index in [1.165, 1.54) is 10.6 Å². The summed E-state index contributed by atoms with van der Waals surface area (Å²) in [5.74, 6) is 0. The molecule has 118 valence electrons. The maximum Gasteiger partial charge on any atom is 0.315 e. The number of carbonyl (C=O) groups is 1. The Morgan fingerprint density at radius 3 is 2.35 bits per heavy atom. The third kappa shape index (κ3) is 7.66. The van der Waals surface area contributed by atoms with Crippen LogP contribution in [0.15, 0.2) is 0 Å². The number of sulfonamides is 1. The quantitative estimate of drug-likeness (QED) is 0.611. The Bertz CT molecular complexity index is 407. The number of rotatable bonds is 9. The molecule has 2 amide bonds. The lowest BCUT2D eigenvalue weighted by molar-refractivity contribution is 0.239. The average Bonchev–Trinajstić information content (AvgIpc) is 3.09. The van der Waals surface area contributed by atoms with Crippen LogP contribution in [0.1, 0.15) is 19.3 Å². The lowest BCUT2D eigenvalue weighted by Crippen LogP contribution is -2.43. The van der Waals surface area contributed by atoms with Crippen LogP contribution >= 0.6 is 0 Å². The predicted octanol–water partition coefficient (Wildman–Crippen LogP) is -0.339. The Morgan fingerprint density at radius 1 is 1.20 bits per heavy atom. The summed E-state index contributed by atoms with van der Waals surface area (Å²) < 4.78 is 24.7. The van der Waals surface area contributed by atoms with Gasteiger partial charge in [0.05, 0.1) is 6.26 Å². The summed E-state index contributed by atoms with van der Waals surface area (Å²) in [6.45, 7) is 1.95. The monoisotopic (exact) mass is 306 g/mol. The SMILES string of the molecule is CN(C)CCCN(CCNC(=O)NC1CC1)S(C)(=O)=O. The van der Waals surface area contributed by atoms with Gasteiger partial charge in [0.1, 0.15) is 0 Å². The van der Waals surface area contributed by atoms with E-state index >= 15 is 0 Å². The van der Waals surface area contributed by atoms with Crippen molar-refractivity contribution in [1.82, 2.24) is 19.8 Å². The van der Waals surface area contributed by atoms with Crippen LogP contribution in [0.4, 0.5) is 4.79 Å². The zero-order valence-corrected chi connectivity index (χ0v) is 13.4. The van der Waals surface area contributed by atoms with Crippen LogP contribution in [0.25, 0.3) is 0 Å². The van der Waals surface area contributed by atoms with Gasteiger partial charge in [-0.1, -0.05) is 0 Å². The molecule has 1 aliphatic carbocycles. The molecule has 0 aromatic carbocycles. The third-order valence-electron chi connectivity index (χ3n) is 3.04. The molecule has 0 aromatic rings. The molecular formula is C12H26N4O3S. The minimum atomic E-state index is -3.23. The van der Waals surface area contributed by atoms with Gasteiger partial charge in [0.15, 0.2) is 0 Å². The van der Waals surface area contributed by atoms with E-state index < -0.39 is 10.0 Å². The Kier molecular flexibility index (Phi) is 6.70.